The van der Waals surface area contributed by atoms with Gasteiger partial charge in [0.05, 0.1) is 11.1 Å². The van der Waals surface area contributed by atoms with Gasteiger partial charge in [-0.25, -0.2) is 0 Å². The SMILES string of the molecule is CCCC(C)N1C(=O)c2ccc3c4c(Cl)cc5c6c(cc(Cl)c(c7ccc(c2c37)C1=O)c64)C(=O)N(C(C)CCC)C5=O. The van der Waals surface area contributed by atoms with Gasteiger partial charge in [0.25, 0.3) is 23.6 Å². The lowest BCUT2D eigenvalue weighted by Gasteiger charge is -2.34. The zero-order chi connectivity index (χ0) is 29.8. The highest BCUT2D eigenvalue weighted by Crippen LogP contribution is 2.50. The number of rotatable bonds is 6. The monoisotopic (exact) mass is 598 g/mol. The van der Waals surface area contributed by atoms with E-state index in [0.717, 1.165) is 29.0 Å². The lowest BCUT2D eigenvalue weighted by molar-refractivity contribution is 0.0528. The van der Waals surface area contributed by atoms with Crippen molar-refractivity contribution in [2.24, 2.45) is 0 Å². The van der Waals surface area contributed by atoms with Gasteiger partial charge in [0.15, 0.2) is 0 Å². The molecular weight excluding hydrogens is 571 g/mol. The number of halogens is 2. The molecule has 0 fully saturated rings. The Labute approximate surface area is 252 Å². The molecule has 2 aliphatic heterocycles. The van der Waals surface area contributed by atoms with Crippen molar-refractivity contribution in [2.75, 3.05) is 0 Å². The molecule has 0 aromatic heterocycles. The third-order valence-corrected chi connectivity index (χ3v) is 9.70. The first-order valence-electron chi connectivity index (χ1n) is 14.5. The molecule has 2 atom stereocenters. The third-order valence-electron chi connectivity index (χ3n) is 9.10. The van der Waals surface area contributed by atoms with Gasteiger partial charge in [-0.3, -0.25) is 29.0 Å². The standard InChI is InChI=1S/C34H28Cl2N2O4/c1-5-7-15(3)37-31(39)19-11-9-17-25-18(10-12-20(26(19)25)32(37)40)29-24(36)14-22-27-21(13-23(35)28(17)30(27)29)33(41)38(34(22)42)16(4)8-6-2/h9-16H,5-8H2,1-4H3. The lowest BCUT2D eigenvalue weighted by Crippen LogP contribution is -2.46. The van der Waals surface area contributed by atoms with Crippen LogP contribution in [0.3, 0.4) is 0 Å². The second-order valence-electron chi connectivity index (χ2n) is 11.6. The minimum Gasteiger partial charge on any atom is -0.272 e. The van der Waals surface area contributed by atoms with Gasteiger partial charge >= 0.3 is 0 Å². The molecule has 42 heavy (non-hydrogen) atoms. The third kappa shape index (κ3) is 3.34. The summed E-state index contributed by atoms with van der Waals surface area (Å²) < 4.78 is 0. The van der Waals surface area contributed by atoms with Crippen molar-refractivity contribution in [3.05, 3.63) is 68.7 Å². The van der Waals surface area contributed by atoms with E-state index in [0.29, 0.717) is 72.1 Å². The van der Waals surface area contributed by atoms with Crippen LogP contribution in [-0.4, -0.2) is 45.5 Å². The number of carbonyl (C=O) groups excluding carboxylic acids is 4. The van der Waals surface area contributed by atoms with Crippen LogP contribution >= 0.6 is 23.2 Å². The van der Waals surface area contributed by atoms with Crippen LogP contribution < -0.4 is 0 Å². The molecule has 2 unspecified atom stereocenters. The van der Waals surface area contributed by atoms with Crippen molar-refractivity contribution in [3.63, 3.8) is 0 Å². The topological polar surface area (TPSA) is 74.8 Å². The first-order chi connectivity index (χ1) is 20.1. The normalized spacial score (nSPS) is 16.6. The highest BCUT2D eigenvalue weighted by atomic mass is 35.5. The second-order valence-corrected chi connectivity index (χ2v) is 12.4. The van der Waals surface area contributed by atoms with E-state index in [1.165, 1.54) is 9.80 Å². The Morgan fingerprint density at radius 2 is 0.929 bits per heavy atom. The van der Waals surface area contributed by atoms with Crippen LogP contribution in [0.2, 0.25) is 10.0 Å². The van der Waals surface area contributed by atoms with Gasteiger partial charge in [0.1, 0.15) is 0 Å². The van der Waals surface area contributed by atoms with Gasteiger partial charge in [-0.15, -0.1) is 0 Å². The number of hydrogen-bond donors (Lipinski definition) is 0. The molecule has 8 heteroatoms. The Balaban J connectivity index is 1.60. The molecule has 0 bridgehead atoms. The molecule has 0 spiro atoms. The fourth-order valence-corrected chi connectivity index (χ4v) is 7.91. The summed E-state index contributed by atoms with van der Waals surface area (Å²) in [4.78, 5) is 57.8. The molecule has 5 aromatic rings. The Kier molecular flexibility index (Phi) is 6.06. The number of amides is 4. The van der Waals surface area contributed by atoms with E-state index in [-0.39, 0.29) is 35.7 Å². The van der Waals surface area contributed by atoms with Crippen molar-refractivity contribution in [2.45, 2.75) is 65.5 Å². The minimum atomic E-state index is -0.372. The quantitative estimate of drug-likeness (QED) is 0.111. The largest absolute Gasteiger partial charge is 0.272 e. The van der Waals surface area contributed by atoms with Gasteiger partial charge in [-0.1, -0.05) is 62.0 Å². The maximum Gasteiger partial charge on any atom is 0.261 e. The molecular formula is C34H28Cl2N2O4. The van der Waals surface area contributed by atoms with E-state index >= 15 is 0 Å². The van der Waals surface area contributed by atoms with Gasteiger partial charge in [0, 0.05) is 60.2 Å². The molecule has 4 amide bonds. The molecule has 212 valence electrons. The first kappa shape index (κ1) is 27.1. The van der Waals surface area contributed by atoms with Crippen molar-refractivity contribution < 1.29 is 19.2 Å². The van der Waals surface area contributed by atoms with E-state index in [4.69, 9.17) is 23.2 Å². The van der Waals surface area contributed by atoms with Gasteiger partial charge < -0.3 is 0 Å². The molecule has 0 aliphatic carbocycles. The number of nitrogens with zero attached hydrogens (tertiary/aromatic N) is 2. The van der Waals surface area contributed by atoms with Crippen LogP contribution in [0.25, 0.3) is 43.1 Å². The van der Waals surface area contributed by atoms with E-state index in [1.54, 1.807) is 24.3 Å². The van der Waals surface area contributed by atoms with Crippen LogP contribution in [0, 0.1) is 0 Å². The number of fused-ring (bicyclic) bond motifs is 2. The maximum atomic E-state index is 13.8. The van der Waals surface area contributed by atoms with Crippen molar-refractivity contribution in [3.8, 4) is 0 Å². The zero-order valence-electron chi connectivity index (χ0n) is 23.7. The Morgan fingerprint density at radius 1 is 0.548 bits per heavy atom. The Bertz CT molecular complexity index is 1940. The van der Waals surface area contributed by atoms with Crippen molar-refractivity contribution in [1.29, 1.82) is 0 Å². The summed E-state index contributed by atoms with van der Waals surface area (Å²) in [6, 6.07) is 10.0. The number of benzene rings is 5. The average molecular weight is 600 g/mol. The molecule has 0 radical (unpaired) electrons. The van der Waals surface area contributed by atoms with Crippen molar-refractivity contribution in [1.82, 2.24) is 9.80 Å². The van der Waals surface area contributed by atoms with Crippen LogP contribution in [0.5, 0.6) is 0 Å². The molecule has 7 rings (SSSR count). The number of hydrogen-bond acceptors (Lipinski definition) is 4. The summed E-state index contributed by atoms with van der Waals surface area (Å²) >= 11 is 14.0. The molecule has 2 aliphatic rings. The highest BCUT2D eigenvalue weighted by Gasteiger charge is 2.40. The predicted octanol–water partition coefficient (Wildman–Crippen LogP) is 8.61. The smallest absolute Gasteiger partial charge is 0.261 e. The summed E-state index contributed by atoms with van der Waals surface area (Å²) in [6.07, 6.45) is 3.06. The molecule has 5 aromatic carbocycles. The summed E-state index contributed by atoms with van der Waals surface area (Å²) in [5.74, 6) is -1.38. The fraction of sp³-hybridized carbons (Fsp3) is 0.294. The Morgan fingerprint density at radius 3 is 1.33 bits per heavy atom. The maximum absolute atomic E-state index is 13.8. The fourth-order valence-electron chi connectivity index (χ4n) is 7.30. The number of imide groups is 2. The molecule has 2 heterocycles. The summed E-state index contributed by atoms with van der Waals surface area (Å²) in [7, 11) is 0. The van der Waals surface area contributed by atoms with E-state index in [9.17, 15) is 19.2 Å². The van der Waals surface area contributed by atoms with E-state index in [1.807, 2.05) is 39.8 Å². The summed E-state index contributed by atoms with van der Waals surface area (Å²) in [6.45, 7) is 7.82. The molecule has 6 nitrogen and oxygen atoms in total. The van der Waals surface area contributed by atoms with Crippen molar-refractivity contribution >= 4 is 89.9 Å². The Hall–Kier alpha value is -3.74. The lowest BCUT2D eigenvalue weighted by atomic mass is 9.81. The van der Waals surface area contributed by atoms with E-state index < -0.39 is 0 Å². The molecule has 0 saturated heterocycles. The first-order valence-corrected chi connectivity index (χ1v) is 15.2. The summed E-state index contributed by atoms with van der Waals surface area (Å²) in [5, 5.41) is 5.93. The van der Waals surface area contributed by atoms with Gasteiger partial charge in [-0.05, 0) is 67.1 Å². The van der Waals surface area contributed by atoms with Gasteiger partial charge in [0.2, 0.25) is 0 Å². The van der Waals surface area contributed by atoms with Crippen LogP contribution in [0.15, 0.2) is 36.4 Å². The minimum absolute atomic E-state index is 0.235. The van der Waals surface area contributed by atoms with Crippen LogP contribution in [0.1, 0.15) is 94.8 Å². The van der Waals surface area contributed by atoms with Crippen LogP contribution in [0.4, 0.5) is 0 Å². The molecule has 0 N–H and O–H groups in total. The second kappa shape index (κ2) is 9.38. The average Bonchev–Trinajstić information content (AvgIpc) is 2.95. The van der Waals surface area contributed by atoms with Gasteiger partial charge in [-0.2, -0.15) is 0 Å². The highest BCUT2D eigenvalue weighted by molar-refractivity contribution is 6.51. The predicted molar refractivity (Wildman–Crippen MR) is 167 cm³/mol. The zero-order valence-corrected chi connectivity index (χ0v) is 25.2. The summed E-state index contributed by atoms with van der Waals surface area (Å²) in [5.41, 5.74) is 1.66. The van der Waals surface area contributed by atoms with E-state index in [2.05, 4.69) is 0 Å². The number of carbonyl (C=O) groups is 4. The molecule has 0 saturated carbocycles. The van der Waals surface area contributed by atoms with Crippen LogP contribution in [-0.2, 0) is 0 Å².